The summed E-state index contributed by atoms with van der Waals surface area (Å²) in [5.74, 6) is 1.63. The number of aromatic nitrogens is 4. The number of hydrogen-bond donors (Lipinski definition) is 0. The van der Waals surface area contributed by atoms with E-state index in [1.807, 2.05) is 30.1 Å². The molecule has 106 valence electrons. The lowest BCUT2D eigenvalue weighted by atomic mass is 10.2. The molecule has 3 rings (SSSR count). The van der Waals surface area contributed by atoms with Gasteiger partial charge in [0.25, 0.3) is 0 Å². The van der Waals surface area contributed by atoms with Crippen LogP contribution in [-0.2, 0) is 20.0 Å². The van der Waals surface area contributed by atoms with Crippen molar-refractivity contribution < 1.29 is 4.79 Å². The van der Waals surface area contributed by atoms with Gasteiger partial charge in [0.05, 0.1) is 5.75 Å². The highest BCUT2D eigenvalue weighted by Gasteiger charge is 2.16. The highest BCUT2D eigenvalue weighted by atomic mass is 32.2. The molecule has 0 aromatic carbocycles. The van der Waals surface area contributed by atoms with E-state index in [-0.39, 0.29) is 5.78 Å². The Balaban J connectivity index is 1.67. The number of fused-ring (bicyclic) bond motifs is 1. The van der Waals surface area contributed by atoms with Gasteiger partial charge in [0.2, 0.25) is 0 Å². The lowest BCUT2D eigenvalue weighted by Crippen LogP contribution is -2.05. The summed E-state index contributed by atoms with van der Waals surface area (Å²) in [4.78, 5) is 12.1. The first-order chi connectivity index (χ1) is 9.74. The number of aryl methyl sites for hydroxylation is 2. The second-order valence-electron chi connectivity index (χ2n) is 5.14. The Morgan fingerprint density at radius 1 is 1.35 bits per heavy atom. The number of thioether (sulfide) groups is 1. The van der Waals surface area contributed by atoms with Crippen LogP contribution in [0.3, 0.4) is 0 Å². The number of carbonyl (C=O) groups is 1. The number of ketones is 1. The fraction of sp³-hybridized carbons (Fsp3) is 0.500. The van der Waals surface area contributed by atoms with Crippen molar-refractivity contribution in [2.24, 2.45) is 7.05 Å². The number of rotatable bonds is 4. The van der Waals surface area contributed by atoms with Crippen molar-refractivity contribution in [3.05, 3.63) is 29.8 Å². The van der Waals surface area contributed by atoms with Crippen molar-refractivity contribution in [1.82, 2.24) is 19.3 Å². The summed E-state index contributed by atoms with van der Waals surface area (Å²) < 4.78 is 4.07. The van der Waals surface area contributed by atoms with Crippen LogP contribution in [0.1, 0.15) is 35.4 Å². The maximum Gasteiger partial charge on any atom is 0.191 e. The van der Waals surface area contributed by atoms with E-state index in [2.05, 4.69) is 14.8 Å². The van der Waals surface area contributed by atoms with Gasteiger partial charge in [-0.2, -0.15) is 0 Å². The van der Waals surface area contributed by atoms with Crippen molar-refractivity contribution >= 4 is 17.5 Å². The SMILES string of the molecule is Cn1ccc(C(=O)CSc2nnc3n2CCCCC3)c1. The molecule has 1 aliphatic rings. The summed E-state index contributed by atoms with van der Waals surface area (Å²) in [6, 6.07) is 1.85. The van der Waals surface area contributed by atoms with Gasteiger partial charge in [-0.1, -0.05) is 18.2 Å². The van der Waals surface area contributed by atoms with Crippen molar-refractivity contribution in [2.45, 2.75) is 37.4 Å². The number of hydrogen-bond acceptors (Lipinski definition) is 4. The average molecular weight is 290 g/mol. The fourth-order valence-corrected chi connectivity index (χ4v) is 3.32. The van der Waals surface area contributed by atoms with Crippen LogP contribution in [0, 0.1) is 0 Å². The zero-order valence-electron chi connectivity index (χ0n) is 11.6. The van der Waals surface area contributed by atoms with Crippen LogP contribution < -0.4 is 0 Å². The Hall–Kier alpha value is -1.56. The number of carbonyl (C=O) groups excluding carboxylic acids is 1. The molecule has 0 fully saturated rings. The molecule has 0 spiro atoms. The highest BCUT2D eigenvalue weighted by molar-refractivity contribution is 7.99. The summed E-state index contributed by atoms with van der Waals surface area (Å²) in [7, 11) is 1.92. The van der Waals surface area contributed by atoms with E-state index in [0.717, 1.165) is 29.5 Å². The summed E-state index contributed by atoms with van der Waals surface area (Å²) in [6.07, 6.45) is 8.35. The molecular weight excluding hydrogens is 272 g/mol. The lowest BCUT2D eigenvalue weighted by molar-refractivity contribution is 0.102. The number of Topliss-reactive ketones (excluding diaryl/α,β-unsaturated/α-hetero) is 1. The molecule has 5 nitrogen and oxygen atoms in total. The van der Waals surface area contributed by atoms with E-state index >= 15 is 0 Å². The highest BCUT2D eigenvalue weighted by Crippen LogP contribution is 2.22. The van der Waals surface area contributed by atoms with Gasteiger partial charge in [-0.3, -0.25) is 4.79 Å². The van der Waals surface area contributed by atoms with E-state index < -0.39 is 0 Å². The molecule has 0 N–H and O–H groups in total. The molecule has 0 atom stereocenters. The van der Waals surface area contributed by atoms with Gasteiger partial charge in [0.15, 0.2) is 10.9 Å². The van der Waals surface area contributed by atoms with Gasteiger partial charge in [-0.05, 0) is 18.9 Å². The maximum atomic E-state index is 12.1. The summed E-state index contributed by atoms with van der Waals surface area (Å²) >= 11 is 1.49. The molecule has 6 heteroatoms. The van der Waals surface area contributed by atoms with E-state index in [1.54, 1.807) is 0 Å². The standard InChI is InChI=1S/C14H18N4OS/c1-17-8-6-11(9-17)12(19)10-20-14-16-15-13-5-3-2-4-7-18(13)14/h6,8-9H,2-5,7,10H2,1H3. The van der Waals surface area contributed by atoms with Gasteiger partial charge in [0.1, 0.15) is 5.82 Å². The van der Waals surface area contributed by atoms with Crippen molar-refractivity contribution in [3.63, 3.8) is 0 Å². The van der Waals surface area contributed by atoms with Crippen LogP contribution >= 0.6 is 11.8 Å². The monoisotopic (exact) mass is 290 g/mol. The lowest BCUT2D eigenvalue weighted by Gasteiger charge is -2.05. The molecule has 0 unspecified atom stereocenters. The first-order valence-corrected chi connectivity index (χ1v) is 7.92. The van der Waals surface area contributed by atoms with Gasteiger partial charge in [0, 0.05) is 38.0 Å². The first kappa shape index (κ1) is 13.4. The zero-order chi connectivity index (χ0) is 13.9. The van der Waals surface area contributed by atoms with E-state index in [4.69, 9.17) is 0 Å². The third-order valence-electron chi connectivity index (χ3n) is 3.56. The Morgan fingerprint density at radius 3 is 3.05 bits per heavy atom. The van der Waals surface area contributed by atoms with Crippen molar-refractivity contribution in [3.8, 4) is 0 Å². The zero-order valence-corrected chi connectivity index (χ0v) is 12.4. The number of nitrogens with zero attached hydrogens (tertiary/aromatic N) is 4. The second kappa shape index (κ2) is 5.83. The van der Waals surface area contributed by atoms with E-state index in [9.17, 15) is 4.79 Å². The summed E-state index contributed by atoms with van der Waals surface area (Å²) in [6.45, 7) is 0.976. The molecule has 0 bridgehead atoms. The molecule has 0 aliphatic carbocycles. The largest absolute Gasteiger partial charge is 0.357 e. The summed E-state index contributed by atoms with van der Waals surface area (Å²) in [5.41, 5.74) is 0.760. The molecule has 0 radical (unpaired) electrons. The van der Waals surface area contributed by atoms with Crippen LogP contribution in [0.15, 0.2) is 23.6 Å². The van der Waals surface area contributed by atoms with Crippen LogP contribution in [-0.4, -0.2) is 30.9 Å². The van der Waals surface area contributed by atoms with E-state index in [0.29, 0.717) is 5.75 Å². The normalized spacial score (nSPS) is 14.8. The minimum Gasteiger partial charge on any atom is -0.357 e. The third-order valence-corrected chi connectivity index (χ3v) is 4.53. The molecule has 0 amide bonds. The van der Waals surface area contributed by atoms with Crippen LogP contribution in [0.25, 0.3) is 0 Å². The maximum absolute atomic E-state index is 12.1. The first-order valence-electron chi connectivity index (χ1n) is 6.94. The van der Waals surface area contributed by atoms with Gasteiger partial charge in [-0.25, -0.2) is 0 Å². The van der Waals surface area contributed by atoms with Crippen LogP contribution in [0.4, 0.5) is 0 Å². The average Bonchev–Trinajstić information content (AvgIpc) is 2.96. The third kappa shape index (κ3) is 2.80. The summed E-state index contributed by atoms with van der Waals surface area (Å²) in [5, 5.41) is 9.36. The van der Waals surface area contributed by atoms with Crippen molar-refractivity contribution in [2.75, 3.05) is 5.75 Å². The Labute approximate surface area is 122 Å². The quantitative estimate of drug-likeness (QED) is 0.640. The molecule has 20 heavy (non-hydrogen) atoms. The van der Waals surface area contributed by atoms with Crippen molar-refractivity contribution in [1.29, 1.82) is 0 Å². The molecule has 1 aliphatic heterocycles. The Kier molecular flexibility index (Phi) is 3.91. The molecule has 0 saturated heterocycles. The Bertz CT molecular complexity index is 616. The molecule has 2 aromatic heterocycles. The fourth-order valence-electron chi connectivity index (χ4n) is 2.45. The molecule has 0 saturated carbocycles. The second-order valence-corrected chi connectivity index (χ2v) is 6.08. The van der Waals surface area contributed by atoms with Gasteiger partial charge < -0.3 is 9.13 Å². The smallest absolute Gasteiger partial charge is 0.191 e. The van der Waals surface area contributed by atoms with Gasteiger partial charge >= 0.3 is 0 Å². The molecule has 2 aromatic rings. The Morgan fingerprint density at radius 2 is 2.25 bits per heavy atom. The predicted molar refractivity (Wildman–Crippen MR) is 78.0 cm³/mol. The predicted octanol–water partition coefficient (Wildman–Crippen LogP) is 2.32. The minimum atomic E-state index is 0.140. The van der Waals surface area contributed by atoms with Crippen LogP contribution in [0.2, 0.25) is 0 Å². The van der Waals surface area contributed by atoms with Crippen LogP contribution in [0.5, 0.6) is 0 Å². The minimum absolute atomic E-state index is 0.140. The molecular formula is C14H18N4OS. The van der Waals surface area contributed by atoms with E-state index in [1.165, 1.54) is 31.0 Å². The topological polar surface area (TPSA) is 52.7 Å². The molecule has 3 heterocycles. The van der Waals surface area contributed by atoms with Gasteiger partial charge in [-0.15, -0.1) is 10.2 Å².